The highest BCUT2D eigenvalue weighted by Crippen LogP contribution is 2.26. The second-order valence-corrected chi connectivity index (χ2v) is 8.47. The van der Waals surface area contributed by atoms with E-state index in [4.69, 9.17) is 4.74 Å². The zero-order valence-electron chi connectivity index (χ0n) is 19.8. The minimum Gasteiger partial charge on any atom is -0.456 e. The molecule has 0 saturated carbocycles. The molecule has 1 aliphatic rings. The molecule has 32 heavy (non-hydrogen) atoms. The molecule has 0 fully saturated rings. The van der Waals surface area contributed by atoms with Crippen LogP contribution in [0.15, 0.2) is 88.7 Å². The summed E-state index contributed by atoms with van der Waals surface area (Å²) in [4.78, 5) is 6.55. The number of nitriles is 1. The Hall–Kier alpha value is -3.11. The zero-order valence-corrected chi connectivity index (χ0v) is 20.6. The topological polar surface area (TPSA) is 77.7 Å². The van der Waals surface area contributed by atoms with Crippen LogP contribution in [0, 0.1) is 11.3 Å². The maximum Gasteiger partial charge on any atom is 0.149 e. The Morgan fingerprint density at radius 1 is 1.31 bits per heavy atom. The van der Waals surface area contributed by atoms with Crippen LogP contribution in [0.1, 0.15) is 41.0 Å². The van der Waals surface area contributed by atoms with Gasteiger partial charge in [-0.15, -0.1) is 0 Å². The Balaban J connectivity index is 3.44. The van der Waals surface area contributed by atoms with Crippen molar-refractivity contribution in [2.75, 3.05) is 18.8 Å². The molecule has 1 rings (SSSR count). The molecule has 1 atom stereocenters. The molecule has 0 spiro atoms. The fraction of sp³-hybridized carbons (Fsp3) is 0.360. The maximum atomic E-state index is 12.2. The van der Waals surface area contributed by atoms with Gasteiger partial charge in [0.05, 0.1) is 12.2 Å². The molecular weight excluding hydrogens is 420 g/mol. The van der Waals surface area contributed by atoms with Gasteiger partial charge in [-0.2, -0.15) is 5.26 Å². The van der Waals surface area contributed by atoms with E-state index in [1.807, 2.05) is 31.7 Å². The first-order valence-electron chi connectivity index (χ1n) is 10.5. The summed E-state index contributed by atoms with van der Waals surface area (Å²) in [5.41, 5.74) is 2.89. The first kappa shape index (κ1) is 26.9. The van der Waals surface area contributed by atoms with Gasteiger partial charge < -0.3 is 14.4 Å². The second-order valence-electron chi connectivity index (χ2n) is 7.16. The third-order valence-electron chi connectivity index (χ3n) is 4.48. The van der Waals surface area contributed by atoms with Gasteiger partial charge in [0, 0.05) is 17.9 Å². The smallest absolute Gasteiger partial charge is 0.149 e. The largest absolute Gasteiger partial charge is 0.456 e. The summed E-state index contributed by atoms with van der Waals surface area (Å²) in [7, 11) is -1.30. The van der Waals surface area contributed by atoms with Gasteiger partial charge in [-0.1, -0.05) is 32.7 Å². The van der Waals surface area contributed by atoms with E-state index in [0.717, 1.165) is 29.9 Å². The highest BCUT2D eigenvalue weighted by Gasteiger charge is 2.21. The summed E-state index contributed by atoms with van der Waals surface area (Å²) < 4.78 is 21.3. The number of nitrogens with zero attached hydrogens (tertiary/aromatic N) is 3. The Morgan fingerprint density at radius 2 is 2.00 bits per heavy atom. The van der Waals surface area contributed by atoms with E-state index in [1.54, 1.807) is 32.2 Å². The molecule has 0 aromatic rings. The monoisotopic (exact) mass is 454 g/mol. The van der Waals surface area contributed by atoms with Gasteiger partial charge in [0.2, 0.25) is 0 Å². The molecule has 0 aromatic carbocycles. The van der Waals surface area contributed by atoms with Crippen LogP contribution in [0.3, 0.4) is 0 Å². The lowest BCUT2D eigenvalue weighted by atomic mass is 10.1. The Kier molecular flexibility index (Phi) is 11.2. The Morgan fingerprint density at radius 3 is 2.47 bits per heavy atom. The van der Waals surface area contributed by atoms with E-state index < -0.39 is 11.0 Å². The summed E-state index contributed by atoms with van der Waals surface area (Å²) in [6.45, 7) is 22.6. The fourth-order valence-corrected chi connectivity index (χ4v) is 3.82. The summed E-state index contributed by atoms with van der Waals surface area (Å²) in [5, 5.41) is 9.89. The molecule has 0 saturated heterocycles. The lowest BCUT2D eigenvalue weighted by molar-refractivity contribution is 0.326. The summed E-state index contributed by atoms with van der Waals surface area (Å²) in [6.07, 6.45) is 7.85. The van der Waals surface area contributed by atoms with Crippen LogP contribution in [0.2, 0.25) is 0 Å². The van der Waals surface area contributed by atoms with Crippen molar-refractivity contribution in [2.24, 2.45) is 4.99 Å². The van der Waals surface area contributed by atoms with Crippen LogP contribution in [0.5, 0.6) is 0 Å². The van der Waals surface area contributed by atoms with Crippen LogP contribution in [-0.2, 0) is 15.7 Å². The minimum absolute atomic E-state index is 0.236. The van der Waals surface area contributed by atoms with Crippen molar-refractivity contribution in [3.63, 3.8) is 0 Å². The van der Waals surface area contributed by atoms with Crippen molar-refractivity contribution < 1.29 is 8.95 Å². The molecule has 0 radical (unpaired) electrons. The molecule has 1 N–H and O–H groups in total. The fourth-order valence-electron chi connectivity index (χ4n) is 2.89. The van der Waals surface area contributed by atoms with E-state index in [2.05, 4.69) is 35.5 Å². The molecule has 6 nitrogen and oxygen atoms in total. The number of hydrogen-bond acceptors (Lipinski definition) is 5. The quantitative estimate of drug-likeness (QED) is 0.250. The van der Waals surface area contributed by atoms with Crippen LogP contribution < -0.4 is 4.72 Å². The predicted molar refractivity (Wildman–Crippen MR) is 135 cm³/mol. The molecular formula is C25H34N4O2S. The van der Waals surface area contributed by atoms with E-state index in [9.17, 15) is 9.47 Å². The Labute approximate surface area is 195 Å². The highest BCUT2D eigenvalue weighted by molar-refractivity contribution is 7.83. The van der Waals surface area contributed by atoms with Gasteiger partial charge in [-0.05, 0) is 63.6 Å². The number of rotatable bonds is 12. The maximum absolute atomic E-state index is 12.2. The van der Waals surface area contributed by atoms with Crippen molar-refractivity contribution in [1.82, 2.24) is 9.62 Å². The van der Waals surface area contributed by atoms with Gasteiger partial charge in [0.25, 0.3) is 0 Å². The van der Waals surface area contributed by atoms with Crippen molar-refractivity contribution in [2.45, 2.75) is 41.0 Å². The van der Waals surface area contributed by atoms with Crippen molar-refractivity contribution >= 4 is 16.8 Å². The number of allylic oxidation sites excluding steroid dienone is 5. The van der Waals surface area contributed by atoms with Crippen molar-refractivity contribution in [3.8, 4) is 6.07 Å². The zero-order chi connectivity index (χ0) is 24.3. The minimum atomic E-state index is -1.30. The van der Waals surface area contributed by atoms with Crippen molar-refractivity contribution in [1.29, 1.82) is 5.26 Å². The summed E-state index contributed by atoms with van der Waals surface area (Å²) in [6, 6.07) is 2.18. The van der Waals surface area contributed by atoms with Gasteiger partial charge in [-0.25, -0.2) is 4.21 Å². The Bertz CT molecular complexity index is 974. The van der Waals surface area contributed by atoms with Crippen molar-refractivity contribution in [3.05, 3.63) is 83.7 Å². The molecule has 0 bridgehead atoms. The summed E-state index contributed by atoms with van der Waals surface area (Å²) >= 11 is 0. The molecule has 1 unspecified atom stereocenters. The lowest BCUT2D eigenvalue weighted by Gasteiger charge is -2.19. The number of ether oxygens (including phenoxy) is 1. The van der Waals surface area contributed by atoms with Crippen LogP contribution in [0.4, 0.5) is 0 Å². The van der Waals surface area contributed by atoms with Crippen LogP contribution >= 0.6 is 0 Å². The molecule has 7 heteroatoms. The first-order valence-corrected chi connectivity index (χ1v) is 11.8. The molecule has 0 aromatic heterocycles. The average Bonchev–Trinajstić information content (AvgIpc) is 3.22. The first-order chi connectivity index (χ1) is 15.2. The predicted octanol–water partition coefficient (Wildman–Crippen LogP) is 5.19. The van der Waals surface area contributed by atoms with Gasteiger partial charge in [-0.3, -0.25) is 4.99 Å². The van der Waals surface area contributed by atoms with Crippen LogP contribution in [0.25, 0.3) is 0 Å². The number of hydrogen-bond donors (Lipinski definition) is 1. The van der Waals surface area contributed by atoms with E-state index >= 15 is 0 Å². The van der Waals surface area contributed by atoms with E-state index in [0.29, 0.717) is 35.1 Å². The van der Waals surface area contributed by atoms with Gasteiger partial charge >= 0.3 is 0 Å². The molecule has 0 aliphatic carbocycles. The molecule has 1 heterocycles. The average molecular weight is 455 g/mol. The van der Waals surface area contributed by atoms with E-state index in [-0.39, 0.29) is 5.57 Å². The summed E-state index contributed by atoms with van der Waals surface area (Å²) in [5.74, 6) is 2.08. The number of nitrogens with one attached hydrogen (secondary N) is 1. The number of amidine groups is 1. The molecule has 1 aliphatic heterocycles. The normalized spacial score (nSPS) is 16.6. The molecule has 172 valence electrons. The second kappa shape index (κ2) is 13.3. The van der Waals surface area contributed by atoms with Crippen LogP contribution in [-0.4, -0.2) is 33.8 Å². The standard InChI is InChI=1S/C25H34N4O2S/c1-9-15-32(30)28-23(11-3)22(17-26)24(19(7)8)31-20(10-2)16-21(18(5)6)25-27-13-14-29(25)12-4/h10-12,16,28H,4-5,7,9,13-15H2,1-3,6,8H3/b20-10+,21-16+,23-11+,24-22+. The lowest BCUT2D eigenvalue weighted by Crippen LogP contribution is -2.23. The van der Waals surface area contributed by atoms with Gasteiger partial charge in [0.15, 0.2) is 0 Å². The SMILES string of the molecule is C=CN1CCN=C1/C(=C/C(=C\C)O/C(C(=C)C)=C(C#N)/C(=C\C)NS(=O)CCC)C(=C)C. The molecule has 0 amide bonds. The van der Waals surface area contributed by atoms with E-state index in [1.165, 1.54) is 0 Å². The van der Waals surface area contributed by atoms with Gasteiger partial charge in [0.1, 0.15) is 40.0 Å². The highest BCUT2D eigenvalue weighted by atomic mass is 32.2. The third-order valence-corrected chi connectivity index (χ3v) is 5.71. The third kappa shape index (κ3) is 7.24. The number of aliphatic imine (C=N–C) groups is 1.